The summed E-state index contributed by atoms with van der Waals surface area (Å²) in [6, 6.07) is 7.96. The van der Waals surface area contributed by atoms with Crippen molar-refractivity contribution in [2.75, 3.05) is 33.2 Å². The van der Waals surface area contributed by atoms with E-state index in [9.17, 15) is 4.79 Å². The van der Waals surface area contributed by atoms with Gasteiger partial charge in [0.25, 0.3) is 5.91 Å². The van der Waals surface area contributed by atoms with Crippen LogP contribution in [0.2, 0.25) is 0 Å². The van der Waals surface area contributed by atoms with Crippen LogP contribution in [0.3, 0.4) is 0 Å². The molecule has 108 valence electrons. The fraction of sp³-hybridized carbons (Fsp3) is 0.588. The van der Waals surface area contributed by atoms with E-state index in [1.54, 1.807) is 0 Å². The van der Waals surface area contributed by atoms with Crippen LogP contribution in [-0.2, 0) is 0 Å². The fourth-order valence-corrected chi connectivity index (χ4v) is 3.49. The zero-order valence-corrected chi connectivity index (χ0v) is 12.6. The van der Waals surface area contributed by atoms with Crippen LogP contribution in [-0.4, -0.2) is 48.9 Å². The summed E-state index contributed by atoms with van der Waals surface area (Å²) in [6.45, 7) is 6.28. The van der Waals surface area contributed by atoms with Crippen molar-refractivity contribution in [3.05, 3.63) is 35.4 Å². The quantitative estimate of drug-likeness (QED) is 0.784. The molecular formula is C17H24N2O. The first-order valence-electron chi connectivity index (χ1n) is 7.63. The number of nitrogens with zero attached hydrogens (tertiary/aromatic N) is 2. The number of benzene rings is 1. The van der Waals surface area contributed by atoms with Crippen molar-refractivity contribution in [2.24, 2.45) is 5.41 Å². The summed E-state index contributed by atoms with van der Waals surface area (Å²) in [7, 11) is 2.19. The van der Waals surface area contributed by atoms with Crippen LogP contribution in [0.5, 0.6) is 0 Å². The van der Waals surface area contributed by atoms with Crippen LogP contribution in [0.15, 0.2) is 24.3 Å². The molecule has 0 atom stereocenters. The average Bonchev–Trinajstić information content (AvgIpc) is 2.87. The Morgan fingerprint density at radius 3 is 2.30 bits per heavy atom. The van der Waals surface area contributed by atoms with Crippen molar-refractivity contribution < 1.29 is 4.79 Å². The first-order valence-corrected chi connectivity index (χ1v) is 7.63. The van der Waals surface area contributed by atoms with E-state index in [0.717, 1.165) is 18.7 Å². The molecule has 0 aliphatic carbocycles. The molecule has 0 bridgehead atoms. The summed E-state index contributed by atoms with van der Waals surface area (Å²) in [6.07, 6.45) is 3.65. The Balaban J connectivity index is 1.67. The van der Waals surface area contributed by atoms with Gasteiger partial charge in [0.1, 0.15) is 0 Å². The molecule has 0 N–H and O–H groups in total. The second kappa shape index (κ2) is 5.21. The Kier molecular flexibility index (Phi) is 3.55. The summed E-state index contributed by atoms with van der Waals surface area (Å²) in [5, 5.41) is 0. The molecule has 2 aliphatic rings. The number of piperidine rings is 1. The second-order valence-electron chi connectivity index (χ2n) is 6.65. The lowest BCUT2D eigenvalue weighted by Gasteiger charge is -2.37. The van der Waals surface area contributed by atoms with Crippen LogP contribution in [0.25, 0.3) is 0 Å². The van der Waals surface area contributed by atoms with Crippen LogP contribution in [0, 0.1) is 12.3 Å². The summed E-state index contributed by atoms with van der Waals surface area (Å²) in [4.78, 5) is 17.0. The number of carbonyl (C=O) groups excluding carboxylic acids is 1. The van der Waals surface area contributed by atoms with Gasteiger partial charge in [-0.15, -0.1) is 0 Å². The normalized spacial score (nSPS) is 22.4. The number of rotatable bonds is 1. The third kappa shape index (κ3) is 2.59. The Bertz CT molecular complexity index is 486. The zero-order valence-electron chi connectivity index (χ0n) is 12.6. The van der Waals surface area contributed by atoms with E-state index in [2.05, 4.69) is 23.8 Å². The minimum atomic E-state index is 0.209. The molecule has 1 spiro atoms. The molecule has 0 unspecified atom stereocenters. The van der Waals surface area contributed by atoms with Gasteiger partial charge >= 0.3 is 0 Å². The highest BCUT2D eigenvalue weighted by Gasteiger charge is 2.41. The lowest BCUT2D eigenvalue weighted by molar-refractivity contribution is 0.0736. The van der Waals surface area contributed by atoms with Crippen molar-refractivity contribution >= 4 is 5.91 Å². The minimum absolute atomic E-state index is 0.209. The number of hydrogen-bond donors (Lipinski definition) is 0. The molecule has 3 nitrogen and oxygen atoms in total. The summed E-state index contributed by atoms with van der Waals surface area (Å²) in [5.74, 6) is 0.209. The highest BCUT2D eigenvalue weighted by molar-refractivity contribution is 5.94. The summed E-state index contributed by atoms with van der Waals surface area (Å²) >= 11 is 0. The Hall–Kier alpha value is -1.35. The van der Waals surface area contributed by atoms with Crippen molar-refractivity contribution in [3.8, 4) is 0 Å². The van der Waals surface area contributed by atoms with Gasteiger partial charge in [-0.1, -0.05) is 17.7 Å². The predicted octanol–water partition coefficient (Wildman–Crippen LogP) is 2.55. The lowest BCUT2D eigenvalue weighted by atomic mass is 9.78. The maximum Gasteiger partial charge on any atom is 0.253 e. The molecule has 2 heterocycles. The molecule has 1 amide bonds. The van der Waals surface area contributed by atoms with Gasteiger partial charge in [0.15, 0.2) is 0 Å². The van der Waals surface area contributed by atoms with E-state index in [0.29, 0.717) is 5.41 Å². The first kappa shape index (κ1) is 13.6. The number of carbonyl (C=O) groups is 1. The predicted molar refractivity (Wildman–Crippen MR) is 80.9 cm³/mol. The fourth-order valence-electron chi connectivity index (χ4n) is 3.49. The third-order valence-corrected chi connectivity index (χ3v) is 5.07. The van der Waals surface area contributed by atoms with E-state index in [1.807, 2.05) is 24.3 Å². The van der Waals surface area contributed by atoms with Gasteiger partial charge < -0.3 is 9.80 Å². The number of hydrogen-bond acceptors (Lipinski definition) is 2. The number of likely N-dealkylation sites (tertiary alicyclic amines) is 2. The highest BCUT2D eigenvalue weighted by atomic mass is 16.2. The van der Waals surface area contributed by atoms with Crippen LogP contribution in [0.1, 0.15) is 35.2 Å². The van der Waals surface area contributed by atoms with Gasteiger partial charge in [-0.2, -0.15) is 0 Å². The molecule has 0 aromatic heterocycles. The molecule has 0 saturated carbocycles. The van der Waals surface area contributed by atoms with Gasteiger partial charge in [0, 0.05) is 18.7 Å². The Labute approximate surface area is 121 Å². The van der Waals surface area contributed by atoms with Crippen molar-refractivity contribution in [1.29, 1.82) is 0 Å². The summed E-state index contributed by atoms with van der Waals surface area (Å²) in [5.41, 5.74) is 2.43. The van der Waals surface area contributed by atoms with Crippen LogP contribution >= 0.6 is 0 Å². The molecule has 2 saturated heterocycles. The van der Waals surface area contributed by atoms with Crippen LogP contribution in [0.4, 0.5) is 0 Å². The molecule has 0 radical (unpaired) electrons. The lowest BCUT2D eigenvalue weighted by Crippen LogP contribution is -2.40. The molecule has 1 aromatic rings. The molecule has 2 fully saturated rings. The maximum absolute atomic E-state index is 12.6. The summed E-state index contributed by atoms with van der Waals surface area (Å²) < 4.78 is 0. The molecule has 1 aromatic carbocycles. The van der Waals surface area contributed by atoms with E-state index < -0.39 is 0 Å². The van der Waals surface area contributed by atoms with Crippen molar-refractivity contribution in [3.63, 3.8) is 0 Å². The Morgan fingerprint density at radius 2 is 1.65 bits per heavy atom. The average molecular weight is 272 g/mol. The van der Waals surface area contributed by atoms with Gasteiger partial charge in [0.2, 0.25) is 0 Å². The molecule has 3 heteroatoms. The SMILES string of the molecule is Cc1ccc(C(=O)N2CCC3(CCN(C)CC3)C2)cc1. The van der Waals surface area contributed by atoms with Gasteiger partial charge in [-0.3, -0.25) is 4.79 Å². The van der Waals surface area contributed by atoms with Gasteiger partial charge in [-0.25, -0.2) is 0 Å². The number of amides is 1. The molecular weight excluding hydrogens is 248 g/mol. The minimum Gasteiger partial charge on any atom is -0.338 e. The maximum atomic E-state index is 12.6. The first-order chi connectivity index (χ1) is 9.58. The van der Waals surface area contributed by atoms with E-state index >= 15 is 0 Å². The van der Waals surface area contributed by atoms with Crippen LogP contribution < -0.4 is 0 Å². The smallest absolute Gasteiger partial charge is 0.253 e. The highest BCUT2D eigenvalue weighted by Crippen LogP contribution is 2.40. The Morgan fingerprint density at radius 1 is 1.05 bits per heavy atom. The molecule has 3 rings (SSSR count). The number of aryl methyl sites for hydroxylation is 1. The standard InChI is InChI=1S/C17H24N2O/c1-14-3-5-15(6-4-14)16(20)19-12-9-17(13-19)7-10-18(2)11-8-17/h3-6H,7-13H2,1-2H3. The molecule has 2 aliphatic heterocycles. The topological polar surface area (TPSA) is 23.6 Å². The monoisotopic (exact) mass is 272 g/mol. The van der Waals surface area contributed by atoms with E-state index in [4.69, 9.17) is 0 Å². The third-order valence-electron chi connectivity index (χ3n) is 5.07. The molecule has 20 heavy (non-hydrogen) atoms. The van der Waals surface area contributed by atoms with Crippen molar-refractivity contribution in [1.82, 2.24) is 9.80 Å². The van der Waals surface area contributed by atoms with Crippen molar-refractivity contribution in [2.45, 2.75) is 26.2 Å². The largest absolute Gasteiger partial charge is 0.338 e. The zero-order chi connectivity index (χ0) is 14.2. The van der Waals surface area contributed by atoms with Gasteiger partial charge in [-0.05, 0) is 63.9 Å². The van der Waals surface area contributed by atoms with E-state index in [1.165, 1.54) is 37.9 Å². The second-order valence-corrected chi connectivity index (χ2v) is 6.65. The van der Waals surface area contributed by atoms with E-state index in [-0.39, 0.29) is 5.91 Å². The van der Waals surface area contributed by atoms with Gasteiger partial charge in [0.05, 0.1) is 0 Å².